The van der Waals surface area contributed by atoms with E-state index in [1.807, 2.05) is 0 Å². The third-order valence-corrected chi connectivity index (χ3v) is 4.88. The van der Waals surface area contributed by atoms with E-state index in [9.17, 15) is 32.7 Å². The van der Waals surface area contributed by atoms with Crippen LogP contribution in [0.1, 0.15) is 36.7 Å². The summed E-state index contributed by atoms with van der Waals surface area (Å²) in [4.78, 5) is 37.4. The van der Waals surface area contributed by atoms with Crippen molar-refractivity contribution in [1.29, 1.82) is 0 Å². The number of aliphatic carboxylic acids is 1. The molecule has 0 spiro atoms. The summed E-state index contributed by atoms with van der Waals surface area (Å²) in [5.74, 6) is -3.07. The van der Waals surface area contributed by atoms with Crippen molar-refractivity contribution >= 4 is 44.7 Å². The lowest BCUT2D eigenvalue weighted by molar-refractivity contribution is -0.138. The fraction of sp³-hybridized carbons (Fsp3) is 0.381. The van der Waals surface area contributed by atoms with Gasteiger partial charge >= 0.3 is 18.2 Å². The molecule has 0 aliphatic carbocycles. The highest BCUT2D eigenvalue weighted by atomic mass is 79.9. The lowest BCUT2D eigenvalue weighted by Gasteiger charge is -2.24. The number of amides is 2. The number of alkyl halides is 3. The molecule has 32 heavy (non-hydrogen) atoms. The van der Waals surface area contributed by atoms with Gasteiger partial charge in [-0.3, -0.25) is 9.59 Å². The maximum Gasteiger partial charge on any atom is 0.420 e. The Morgan fingerprint density at radius 2 is 1.66 bits per heavy atom. The van der Waals surface area contributed by atoms with E-state index in [2.05, 4.69) is 15.9 Å². The number of ether oxygens (including phenoxy) is 2. The number of carboxylic acid groups (broad SMARTS) is 1. The zero-order chi connectivity index (χ0) is 24.4. The Bertz CT molecular complexity index is 1060. The number of carbonyl (C=O) groups excluding carboxylic acids is 2. The van der Waals surface area contributed by atoms with Gasteiger partial charge in [-0.1, -0.05) is 26.8 Å². The second-order valence-electron chi connectivity index (χ2n) is 8.06. The van der Waals surface area contributed by atoms with Crippen molar-refractivity contribution in [1.82, 2.24) is 4.90 Å². The predicted molar refractivity (Wildman–Crippen MR) is 113 cm³/mol. The normalized spacial score (nSPS) is 11.9. The number of benzene rings is 2. The van der Waals surface area contributed by atoms with Gasteiger partial charge in [0.2, 0.25) is 0 Å². The highest BCUT2D eigenvalue weighted by Gasteiger charge is 2.38. The molecule has 2 aromatic carbocycles. The minimum atomic E-state index is -4.80. The Hall–Kier alpha value is -2.82. The van der Waals surface area contributed by atoms with E-state index >= 15 is 0 Å². The summed E-state index contributed by atoms with van der Waals surface area (Å²) >= 11 is 3.12. The van der Waals surface area contributed by atoms with Crippen LogP contribution in [0.2, 0.25) is 0 Å². The van der Waals surface area contributed by atoms with Crippen LogP contribution in [0.3, 0.4) is 0 Å². The molecule has 1 N–H and O–H groups in total. The maximum absolute atomic E-state index is 13.7. The van der Waals surface area contributed by atoms with Crippen LogP contribution in [0.15, 0.2) is 28.7 Å². The summed E-state index contributed by atoms with van der Waals surface area (Å²) in [5, 5.41) is 8.69. The van der Waals surface area contributed by atoms with E-state index in [4.69, 9.17) is 9.47 Å². The molecule has 0 saturated heterocycles. The van der Waals surface area contributed by atoms with Crippen LogP contribution in [0.5, 0.6) is 5.75 Å². The summed E-state index contributed by atoms with van der Waals surface area (Å²) in [7, 11) is 1.08. The molecule has 11 heteroatoms. The molecular weight excluding hydrogens is 499 g/mol. The zero-order valence-electron chi connectivity index (χ0n) is 17.7. The fourth-order valence-electron chi connectivity index (χ4n) is 2.88. The number of carboxylic acids is 1. The number of rotatable bonds is 5. The Morgan fingerprint density at radius 1 is 1.06 bits per heavy atom. The molecule has 0 saturated carbocycles. The average Bonchev–Trinajstić information content (AvgIpc) is 2.67. The Kier molecular flexibility index (Phi) is 7.44. The quantitative estimate of drug-likeness (QED) is 0.573. The van der Waals surface area contributed by atoms with Gasteiger partial charge in [0, 0.05) is 4.47 Å². The summed E-state index contributed by atoms with van der Waals surface area (Å²) in [5.41, 5.74) is -1.88. The SMILES string of the molecule is COc1ccc2c(C(=O)N(CC(=O)O)C(=O)OCC(C)(C)C)c(Br)ccc2c1C(F)(F)F. The summed E-state index contributed by atoms with van der Waals surface area (Å²) in [6.07, 6.45) is -6.02. The van der Waals surface area contributed by atoms with Gasteiger partial charge in [0.1, 0.15) is 17.9 Å². The van der Waals surface area contributed by atoms with E-state index < -0.39 is 47.4 Å². The molecule has 0 fully saturated rings. The van der Waals surface area contributed by atoms with Gasteiger partial charge in [0.25, 0.3) is 5.91 Å². The van der Waals surface area contributed by atoms with Gasteiger partial charge in [-0.15, -0.1) is 0 Å². The highest BCUT2D eigenvalue weighted by molar-refractivity contribution is 9.10. The molecule has 0 aromatic heterocycles. The van der Waals surface area contributed by atoms with Crippen molar-refractivity contribution < 1.29 is 42.1 Å². The maximum atomic E-state index is 13.7. The molecule has 0 unspecified atom stereocenters. The zero-order valence-corrected chi connectivity index (χ0v) is 19.3. The summed E-state index contributed by atoms with van der Waals surface area (Å²) in [6.45, 7) is 4.14. The molecular formula is C21H21BrF3NO6. The van der Waals surface area contributed by atoms with E-state index in [1.165, 1.54) is 12.1 Å². The van der Waals surface area contributed by atoms with Crippen molar-refractivity contribution in [3.05, 3.63) is 39.9 Å². The molecule has 0 atom stereocenters. The molecule has 0 bridgehead atoms. The summed E-state index contributed by atoms with van der Waals surface area (Å²) < 4.78 is 51.2. The van der Waals surface area contributed by atoms with Crippen molar-refractivity contribution in [3.63, 3.8) is 0 Å². The standard InChI is InChI=1S/C21H21BrF3NO6/c1-20(2,3)10-32-19(30)26(9-15(27)28)18(29)16-11-6-8-14(31-4)17(21(23,24)25)12(11)5-7-13(16)22/h5-8H,9-10H2,1-4H3,(H,27,28). The van der Waals surface area contributed by atoms with Crippen molar-refractivity contribution in [3.8, 4) is 5.75 Å². The first-order chi connectivity index (χ1) is 14.7. The van der Waals surface area contributed by atoms with E-state index in [0.29, 0.717) is 4.90 Å². The number of hydrogen-bond acceptors (Lipinski definition) is 5. The third kappa shape index (κ3) is 5.70. The number of hydrogen-bond donors (Lipinski definition) is 1. The average molecular weight is 520 g/mol. The largest absolute Gasteiger partial charge is 0.496 e. The second-order valence-corrected chi connectivity index (χ2v) is 8.91. The van der Waals surface area contributed by atoms with Crippen molar-refractivity contribution in [2.45, 2.75) is 26.9 Å². The number of nitrogens with zero attached hydrogens (tertiary/aromatic N) is 1. The molecule has 2 rings (SSSR count). The van der Waals surface area contributed by atoms with Gasteiger partial charge in [-0.05, 0) is 50.3 Å². The monoisotopic (exact) mass is 519 g/mol. The van der Waals surface area contributed by atoms with E-state index in [1.54, 1.807) is 20.8 Å². The second kappa shape index (κ2) is 9.35. The smallest absolute Gasteiger partial charge is 0.420 e. The first-order valence-electron chi connectivity index (χ1n) is 9.24. The van der Waals surface area contributed by atoms with Crippen LogP contribution in [-0.4, -0.2) is 48.2 Å². The Morgan fingerprint density at radius 3 is 2.16 bits per heavy atom. The number of imide groups is 1. The number of fused-ring (bicyclic) bond motifs is 1. The molecule has 2 amide bonds. The van der Waals surface area contributed by atoms with Crippen molar-refractivity contribution in [2.24, 2.45) is 5.41 Å². The molecule has 7 nitrogen and oxygen atoms in total. The first kappa shape index (κ1) is 25.4. The molecule has 174 valence electrons. The molecule has 2 aromatic rings. The van der Waals surface area contributed by atoms with E-state index in [-0.39, 0.29) is 27.4 Å². The Balaban J connectivity index is 2.67. The van der Waals surface area contributed by atoms with Crippen LogP contribution < -0.4 is 4.74 Å². The third-order valence-electron chi connectivity index (χ3n) is 4.22. The molecule has 0 radical (unpaired) electrons. The predicted octanol–water partition coefficient (Wildman–Crippen LogP) is 5.34. The Labute approximate surface area is 190 Å². The van der Waals surface area contributed by atoms with Crippen LogP contribution in [-0.2, 0) is 15.7 Å². The first-order valence-corrected chi connectivity index (χ1v) is 10.0. The minimum absolute atomic E-state index is 0.0762. The molecule has 0 aliphatic rings. The van der Waals surface area contributed by atoms with Crippen LogP contribution in [0.4, 0.5) is 18.0 Å². The van der Waals surface area contributed by atoms with Gasteiger partial charge in [0.05, 0.1) is 19.3 Å². The van der Waals surface area contributed by atoms with Crippen LogP contribution in [0.25, 0.3) is 10.8 Å². The topological polar surface area (TPSA) is 93.1 Å². The van der Waals surface area contributed by atoms with Gasteiger partial charge in [-0.2, -0.15) is 13.2 Å². The van der Waals surface area contributed by atoms with E-state index in [0.717, 1.165) is 19.2 Å². The van der Waals surface area contributed by atoms with Gasteiger partial charge in [-0.25, -0.2) is 9.69 Å². The molecule has 0 heterocycles. The van der Waals surface area contributed by atoms with Crippen LogP contribution >= 0.6 is 15.9 Å². The lowest BCUT2D eigenvalue weighted by atomic mass is 9.98. The van der Waals surface area contributed by atoms with Crippen LogP contribution in [0, 0.1) is 5.41 Å². The summed E-state index contributed by atoms with van der Waals surface area (Å²) in [6, 6.07) is 4.65. The van der Waals surface area contributed by atoms with Gasteiger partial charge < -0.3 is 14.6 Å². The number of methoxy groups -OCH3 is 1. The highest BCUT2D eigenvalue weighted by Crippen LogP contribution is 2.43. The molecule has 0 aliphatic heterocycles. The van der Waals surface area contributed by atoms with Gasteiger partial charge in [0.15, 0.2) is 0 Å². The minimum Gasteiger partial charge on any atom is -0.496 e. The lowest BCUT2D eigenvalue weighted by Crippen LogP contribution is -2.42. The van der Waals surface area contributed by atoms with Crippen molar-refractivity contribution in [2.75, 3.05) is 20.3 Å². The number of halogens is 4. The fourth-order valence-corrected chi connectivity index (χ4v) is 3.40. The number of carbonyl (C=O) groups is 3.